The molecular formula is C15H21ClN2O2S. The lowest BCUT2D eigenvalue weighted by atomic mass is 9.78. The highest BCUT2D eigenvalue weighted by Gasteiger charge is 2.43. The summed E-state index contributed by atoms with van der Waals surface area (Å²) in [6.45, 7) is 2.94. The molecule has 2 N–H and O–H groups in total. The lowest BCUT2D eigenvalue weighted by Gasteiger charge is -2.29. The number of fused-ring (bicyclic) bond motifs is 1. The molecule has 0 aromatic heterocycles. The molecule has 4 nitrogen and oxygen atoms in total. The molecule has 1 saturated heterocycles. The Labute approximate surface area is 131 Å². The SMILES string of the molecule is Cc1cc(Cl)ccc1S(=O)(=O)N1CC2CCCC(N)C2C1. The zero-order valence-corrected chi connectivity index (χ0v) is 13.7. The Hall–Kier alpha value is -0.620. The number of hydrogen-bond acceptors (Lipinski definition) is 3. The maximum atomic E-state index is 12.9. The van der Waals surface area contributed by atoms with Crippen molar-refractivity contribution < 1.29 is 8.42 Å². The third kappa shape index (κ3) is 2.72. The molecule has 2 aliphatic rings. The molecular weight excluding hydrogens is 308 g/mol. The summed E-state index contributed by atoms with van der Waals surface area (Å²) < 4.78 is 27.3. The van der Waals surface area contributed by atoms with Crippen molar-refractivity contribution in [1.82, 2.24) is 4.31 Å². The first kappa shape index (κ1) is 15.3. The number of halogens is 1. The summed E-state index contributed by atoms with van der Waals surface area (Å²) in [7, 11) is -3.45. The van der Waals surface area contributed by atoms with Crippen LogP contribution in [0.1, 0.15) is 24.8 Å². The fraction of sp³-hybridized carbons (Fsp3) is 0.600. The summed E-state index contributed by atoms with van der Waals surface area (Å²) in [4.78, 5) is 0.360. The van der Waals surface area contributed by atoms with Crippen LogP contribution in [0.4, 0.5) is 0 Å². The summed E-state index contributed by atoms with van der Waals surface area (Å²) in [6.07, 6.45) is 3.20. The van der Waals surface area contributed by atoms with Gasteiger partial charge in [0.15, 0.2) is 0 Å². The Morgan fingerprint density at radius 1 is 1.29 bits per heavy atom. The zero-order valence-electron chi connectivity index (χ0n) is 12.1. The van der Waals surface area contributed by atoms with Crippen molar-refractivity contribution in [1.29, 1.82) is 0 Å². The monoisotopic (exact) mass is 328 g/mol. The van der Waals surface area contributed by atoms with E-state index in [0.29, 0.717) is 40.4 Å². The minimum Gasteiger partial charge on any atom is -0.327 e. The van der Waals surface area contributed by atoms with E-state index in [-0.39, 0.29) is 6.04 Å². The number of aryl methyl sites for hydroxylation is 1. The zero-order chi connectivity index (χ0) is 15.2. The van der Waals surface area contributed by atoms with E-state index < -0.39 is 10.0 Å². The van der Waals surface area contributed by atoms with E-state index in [1.54, 1.807) is 29.4 Å². The largest absolute Gasteiger partial charge is 0.327 e. The van der Waals surface area contributed by atoms with Gasteiger partial charge in [0.1, 0.15) is 0 Å². The summed E-state index contributed by atoms with van der Waals surface area (Å²) in [5.41, 5.74) is 6.87. The topological polar surface area (TPSA) is 63.4 Å². The average molecular weight is 329 g/mol. The van der Waals surface area contributed by atoms with Crippen molar-refractivity contribution in [3.8, 4) is 0 Å². The maximum absolute atomic E-state index is 12.9. The number of benzene rings is 1. The summed E-state index contributed by atoms with van der Waals surface area (Å²) >= 11 is 5.92. The molecule has 1 aromatic rings. The summed E-state index contributed by atoms with van der Waals surface area (Å²) in [6, 6.07) is 5.07. The predicted octanol–water partition coefficient (Wildman–Crippen LogP) is 2.40. The van der Waals surface area contributed by atoms with Crippen LogP contribution < -0.4 is 5.73 Å². The van der Waals surface area contributed by atoms with Gasteiger partial charge in [0.2, 0.25) is 10.0 Å². The molecule has 1 aliphatic heterocycles. The van der Waals surface area contributed by atoms with Gasteiger partial charge in [0.25, 0.3) is 0 Å². The molecule has 3 atom stereocenters. The van der Waals surface area contributed by atoms with Gasteiger partial charge in [-0.3, -0.25) is 0 Å². The first-order valence-corrected chi connectivity index (χ1v) is 9.23. The lowest BCUT2D eigenvalue weighted by Crippen LogP contribution is -2.38. The number of sulfonamides is 1. The van der Waals surface area contributed by atoms with Crippen molar-refractivity contribution in [3.63, 3.8) is 0 Å². The van der Waals surface area contributed by atoms with Crippen molar-refractivity contribution in [3.05, 3.63) is 28.8 Å². The Kier molecular flexibility index (Phi) is 4.03. The Balaban J connectivity index is 1.89. The van der Waals surface area contributed by atoms with Crippen LogP contribution in [-0.4, -0.2) is 31.9 Å². The van der Waals surface area contributed by atoms with Crippen LogP contribution in [0.25, 0.3) is 0 Å². The molecule has 3 rings (SSSR count). The lowest BCUT2D eigenvalue weighted by molar-refractivity contribution is 0.260. The second-order valence-corrected chi connectivity index (χ2v) is 8.59. The highest BCUT2D eigenvalue weighted by molar-refractivity contribution is 7.89. The Morgan fingerprint density at radius 2 is 2.05 bits per heavy atom. The molecule has 1 heterocycles. The van der Waals surface area contributed by atoms with E-state index in [9.17, 15) is 8.42 Å². The summed E-state index contributed by atoms with van der Waals surface area (Å²) in [5, 5.41) is 0.559. The van der Waals surface area contributed by atoms with Gasteiger partial charge < -0.3 is 5.73 Å². The number of hydrogen-bond donors (Lipinski definition) is 1. The first-order valence-electron chi connectivity index (χ1n) is 7.41. The van der Waals surface area contributed by atoms with Crippen molar-refractivity contribution in [2.75, 3.05) is 13.1 Å². The third-order valence-electron chi connectivity index (χ3n) is 4.88. The van der Waals surface area contributed by atoms with E-state index in [1.807, 2.05) is 0 Å². The molecule has 6 heteroatoms. The molecule has 0 radical (unpaired) electrons. The van der Waals surface area contributed by atoms with Gasteiger partial charge in [-0.1, -0.05) is 18.0 Å². The molecule has 0 spiro atoms. The third-order valence-corrected chi connectivity index (χ3v) is 7.10. The van der Waals surface area contributed by atoms with Crippen molar-refractivity contribution >= 4 is 21.6 Å². The molecule has 0 bridgehead atoms. The molecule has 0 amide bonds. The molecule has 2 fully saturated rings. The van der Waals surface area contributed by atoms with E-state index in [0.717, 1.165) is 19.3 Å². The molecule has 116 valence electrons. The minimum absolute atomic E-state index is 0.135. The van der Waals surface area contributed by atoms with Crippen LogP contribution in [0.15, 0.2) is 23.1 Å². The van der Waals surface area contributed by atoms with Gasteiger partial charge in [-0.15, -0.1) is 0 Å². The molecule has 1 aliphatic carbocycles. The highest BCUT2D eigenvalue weighted by atomic mass is 35.5. The second kappa shape index (κ2) is 5.54. The van der Waals surface area contributed by atoms with Gasteiger partial charge in [-0.25, -0.2) is 8.42 Å². The van der Waals surface area contributed by atoms with Crippen LogP contribution in [-0.2, 0) is 10.0 Å². The smallest absolute Gasteiger partial charge is 0.243 e. The van der Waals surface area contributed by atoms with Crippen LogP contribution in [0.5, 0.6) is 0 Å². The number of nitrogens with zero attached hydrogens (tertiary/aromatic N) is 1. The second-order valence-electron chi connectivity index (χ2n) is 6.25. The van der Waals surface area contributed by atoms with E-state index >= 15 is 0 Å². The Bertz CT molecular complexity index is 647. The molecule has 21 heavy (non-hydrogen) atoms. The van der Waals surface area contributed by atoms with Gasteiger partial charge in [0, 0.05) is 24.2 Å². The van der Waals surface area contributed by atoms with Gasteiger partial charge >= 0.3 is 0 Å². The standard InChI is InChI=1S/C15H21ClN2O2S/c1-10-7-12(16)5-6-15(10)21(19,20)18-8-11-3-2-4-14(17)13(11)9-18/h5-7,11,13-14H,2-4,8-9,17H2,1H3. The van der Waals surface area contributed by atoms with E-state index in [4.69, 9.17) is 17.3 Å². The fourth-order valence-electron chi connectivity index (χ4n) is 3.71. The average Bonchev–Trinajstić information content (AvgIpc) is 2.84. The normalized spacial score (nSPS) is 30.3. The van der Waals surface area contributed by atoms with Crippen LogP contribution in [0, 0.1) is 18.8 Å². The fourth-order valence-corrected chi connectivity index (χ4v) is 5.68. The molecule has 3 unspecified atom stereocenters. The van der Waals surface area contributed by atoms with Crippen molar-refractivity contribution in [2.45, 2.75) is 37.1 Å². The predicted molar refractivity (Wildman–Crippen MR) is 83.8 cm³/mol. The number of rotatable bonds is 2. The minimum atomic E-state index is -3.45. The van der Waals surface area contributed by atoms with Crippen molar-refractivity contribution in [2.24, 2.45) is 17.6 Å². The number of nitrogens with two attached hydrogens (primary N) is 1. The maximum Gasteiger partial charge on any atom is 0.243 e. The van der Waals surface area contributed by atoms with Crippen LogP contribution in [0.2, 0.25) is 5.02 Å². The van der Waals surface area contributed by atoms with Crippen LogP contribution in [0.3, 0.4) is 0 Å². The molecule has 1 saturated carbocycles. The van der Waals surface area contributed by atoms with Gasteiger partial charge in [-0.2, -0.15) is 4.31 Å². The van der Waals surface area contributed by atoms with Gasteiger partial charge in [-0.05, 0) is 55.4 Å². The van der Waals surface area contributed by atoms with Gasteiger partial charge in [0.05, 0.1) is 4.90 Å². The molecule has 1 aromatic carbocycles. The first-order chi connectivity index (χ1) is 9.89. The summed E-state index contributed by atoms with van der Waals surface area (Å²) in [5.74, 6) is 0.720. The van der Waals surface area contributed by atoms with Crippen LogP contribution >= 0.6 is 11.6 Å². The quantitative estimate of drug-likeness (QED) is 0.906. The Morgan fingerprint density at radius 3 is 2.71 bits per heavy atom. The van der Waals surface area contributed by atoms with E-state index in [2.05, 4.69) is 0 Å². The van der Waals surface area contributed by atoms with E-state index in [1.165, 1.54) is 0 Å². The highest BCUT2D eigenvalue weighted by Crippen LogP contribution is 2.38.